The number of hydrogen-bond acceptors (Lipinski definition) is 3. The van der Waals surface area contributed by atoms with Gasteiger partial charge in [-0.1, -0.05) is 41.9 Å². The second kappa shape index (κ2) is 8.56. The summed E-state index contributed by atoms with van der Waals surface area (Å²) in [6, 6.07) is 19.1. The van der Waals surface area contributed by atoms with Gasteiger partial charge in [-0.05, 0) is 44.2 Å². The summed E-state index contributed by atoms with van der Waals surface area (Å²) in [6.45, 7) is 3.89. The van der Waals surface area contributed by atoms with Crippen LogP contribution in [0.15, 0.2) is 65.8 Å². The second-order valence-electron chi connectivity index (χ2n) is 6.01. The van der Waals surface area contributed by atoms with Gasteiger partial charge in [-0.3, -0.25) is 4.79 Å². The Morgan fingerprint density at radius 2 is 1.85 bits per heavy atom. The van der Waals surface area contributed by atoms with Crippen LogP contribution in [-0.2, 0) is 4.79 Å². The van der Waals surface area contributed by atoms with Crippen molar-refractivity contribution in [3.63, 3.8) is 0 Å². The van der Waals surface area contributed by atoms with Gasteiger partial charge in [0.15, 0.2) is 6.61 Å². The summed E-state index contributed by atoms with van der Waals surface area (Å²) < 4.78 is 7.53. The average molecular weight is 382 g/mol. The first kappa shape index (κ1) is 18.7. The van der Waals surface area contributed by atoms with E-state index in [-0.39, 0.29) is 12.5 Å². The molecule has 0 saturated heterocycles. The maximum absolute atomic E-state index is 11.9. The van der Waals surface area contributed by atoms with E-state index in [1.165, 1.54) is 0 Å². The third-order valence-electron chi connectivity index (χ3n) is 4.07. The SMILES string of the molecule is Cc1cc(/C=N/NC(=O)COc2ccccc2Cl)c(C)n1-c1ccccc1. The molecule has 1 N–H and O–H groups in total. The Balaban J connectivity index is 1.62. The molecule has 1 amide bonds. The zero-order valence-corrected chi connectivity index (χ0v) is 15.9. The molecule has 0 atom stereocenters. The number of hydrogen-bond donors (Lipinski definition) is 1. The van der Waals surface area contributed by atoms with Gasteiger partial charge < -0.3 is 9.30 Å². The summed E-state index contributed by atoms with van der Waals surface area (Å²) >= 11 is 5.99. The zero-order valence-electron chi connectivity index (χ0n) is 15.1. The maximum atomic E-state index is 11.9. The molecule has 0 aliphatic heterocycles. The minimum Gasteiger partial charge on any atom is -0.482 e. The monoisotopic (exact) mass is 381 g/mol. The van der Waals surface area contributed by atoms with Crippen molar-refractivity contribution in [2.45, 2.75) is 13.8 Å². The Bertz CT molecular complexity index is 965. The number of nitrogens with zero attached hydrogens (tertiary/aromatic N) is 2. The lowest BCUT2D eigenvalue weighted by atomic mass is 10.2. The molecule has 138 valence electrons. The first-order valence-corrected chi connectivity index (χ1v) is 8.87. The van der Waals surface area contributed by atoms with Gasteiger partial charge in [0.2, 0.25) is 0 Å². The van der Waals surface area contributed by atoms with E-state index in [9.17, 15) is 4.79 Å². The normalized spacial score (nSPS) is 10.9. The molecule has 0 bridgehead atoms. The number of ether oxygens (including phenoxy) is 1. The number of halogens is 1. The van der Waals surface area contributed by atoms with E-state index >= 15 is 0 Å². The van der Waals surface area contributed by atoms with Crippen molar-refractivity contribution in [2.24, 2.45) is 5.10 Å². The van der Waals surface area contributed by atoms with E-state index in [4.69, 9.17) is 16.3 Å². The molecule has 0 aliphatic carbocycles. The molecule has 27 heavy (non-hydrogen) atoms. The minimum absolute atomic E-state index is 0.163. The predicted octanol–water partition coefficient (Wildman–Crippen LogP) is 4.28. The molecular formula is C21H20ClN3O2. The number of rotatable bonds is 6. The molecule has 1 aromatic heterocycles. The van der Waals surface area contributed by atoms with Crippen molar-refractivity contribution in [1.29, 1.82) is 0 Å². The standard InChI is InChI=1S/C21H20ClN3O2/c1-15-12-17(16(2)25(15)18-8-4-3-5-9-18)13-23-24-21(26)14-27-20-11-7-6-10-19(20)22/h3-13H,14H2,1-2H3,(H,24,26)/b23-13+. The molecule has 0 aliphatic rings. The van der Waals surface area contributed by atoms with Gasteiger partial charge in [-0.2, -0.15) is 5.10 Å². The van der Waals surface area contributed by atoms with E-state index in [0.29, 0.717) is 10.8 Å². The fourth-order valence-electron chi connectivity index (χ4n) is 2.80. The van der Waals surface area contributed by atoms with Gasteiger partial charge >= 0.3 is 0 Å². The van der Waals surface area contributed by atoms with Crippen molar-refractivity contribution in [2.75, 3.05) is 6.61 Å². The number of aromatic nitrogens is 1. The molecule has 5 nitrogen and oxygen atoms in total. The molecule has 3 aromatic rings. The van der Waals surface area contributed by atoms with Crippen molar-refractivity contribution in [3.8, 4) is 11.4 Å². The van der Waals surface area contributed by atoms with Crippen LogP contribution in [0.4, 0.5) is 0 Å². The Hall–Kier alpha value is -3.05. The second-order valence-corrected chi connectivity index (χ2v) is 6.42. The maximum Gasteiger partial charge on any atom is 0.277 e. The van der Waals surface area contributed by atoms with E-state index in [1.807, 2.05) is 38.1 Å². The van der Waals surface area contributed by atoms with Crippen molar-refractivity contribution < 1.29 is 9.53 Å². The molecule has 2 aromatic carbocycles. The van der Waals surface area contributed by atoms with Gasteiger partial charge in [-0.25, -0.2) is 5.43 Å². The number of hydrazone groups is 1. The van der Waals surface area contributed by atoms with Crippen molar-refractivity contribution in [1.82, 2.24) is 9.99 Å². The molecule has 0 radical (unpaired) electrons. The number of amides is 1. The fourth-order valence-corrected chi connectivity index (χ4v) is 2.99. The van der Waals surface area contributed by atoms with Crippen LogP contribution >= 0.6 is 11.6 Å². The predicted molar refractivity (Wildman–Crippen MR) is 108 cm³/mol. The number of carbonyl (C=O) groups excluding carboxylic acids is 1. The lowest BCUT2D eigenvalue weighted by Crippen LogP contribution is -2.24. The van der Waals surface area contributed by atoms with Crippen molar-refractivity contribution >= 4 is 23.7 Å². The van der Waals surface area contributed by atoms with Crippen LogP contribution in [-0.4, -0.2) is 23.3 Å². The first-order valence-electron chi connectivity index (χ1n) is 8.50. The van der Waals surface area contributed by atoms with Gasteiger partial charge in [0.25, 0.3) is 5.91 Å². The topological polar surface area (TPSA) is 55.6 Å². The minimum atomic E-state index is -0.358. The fraction of sp³-hybridized carbons (Fsp3) is 0.143. The van der Waals surface area contributed by atoms with Crippen LogP contribution in [0, 0.1) is 13.8 Å². The van der Waals surface area contributed by atoms with Gasteiger partial charge in [0.1, 0.15) is 5.75 Å². The molecular weight excluding hydrogens is 362 g/mol. The average Bonchev–Trinajstić information content (AvgIpc) is 2.95. The van der Waals surface area contributed by atoms with E-state index in [0.717, 1.165) is 22.6 Å². The number of para-hydroxylation sites is 2. The molecule has 0 fully saturated rings. The van der Waals surface area contributed by atoms with E-state index < -0.39 is 0 Å². The summed E-state index contributed by atoms with van der Waals surface area (Å²) in [4.78, 5) is 11.9. The molecule has 3 rings (SSSR count). The third-order valence-corrected chi connectivity index (χ3v) is 4.39. The van der Waals surface area contributed by atoms with Crippen LogP contribution in [0.2, 0.25) is 5.02 Å². The van der Waals surface area contributed by atoms with Gasteiger partial charge in [0.05, 0.1) is 11.2 Å². The molecule has 0 saturated carbocycles. The highest BCUT2D eigenvalue weighted by molar-refractivity contribution is 6.32. The zero-order chi connectivity index (χ0) is 19.2. The Morgan fingerprint density at radius 3 is 2.59 bits per heavy atom. The first-order chi connectivity index (χ1) is 13.1. The summed E-state index contributed by atoms with van der Waals surface area (Å²) in [7, 11) is 0. The molecule has 6 heteroatoms. The van der Waals surface area contributed by atoms with Crippen LogP contribution in [0.3, 0.4) is 0 Å². The van der Waals surface area contributed by atoms with Crippen LogP contribution < -0.4 is 10.2 Å². The molecule has 0 unspecified atom stereocenters. The highest BCUT2D eigenvalue weighted by atomic mass is 35.5. The third kappa shape index (κ3) is 4.57. The van der Waals surface area contributed by atoms with E-state index in [1.54, 1.807) is 30.5 Å². The quantitative estimate of drug-likeness (QED) is 0.512. The summed E-state index contributed by atoms with van der Waals surface area (Å²) in [5.74, 6) is 0.104. The van der Waals surface area contributed by atoms with Gasteiger partial charge in [-0.15, -0.1) is 0 Å². The molecule has 0 spiro atoms. The lowest BCUT2D eigenvalue weighted by molar-refractivity contribution is -0.123. The lowest BCUT2D eigenvalue weighted by Gasteiger charge is -2.09. The van der Waals surface area contributed by atoms with Crippen LogP contribution in [0.1, 0.15) is 17.0 Å². The summed E-state index contributed by atoms with van der Waals surface area (Å²) in [5, 5.41) is 4.49. The van der Waals surface area contributed by atoms with Gasteiger partial charge in [0, 0.05) is 22.6 Å². The highest BCUT2D eigenvalue weighted by Crippen LogP contribution is 2.23. The largest absolute Gasteiger partial charge is 0.482 e. The summed E-state index contributed by atoms with van der Waals surface area (Å²) in [5.41, 5.74) is 6.63. The Morgan fingerprint density at radius 1 is 1.15 bits per heavy atom. The summed E-state index contributed by atoms with van der Waals surface area (Å²) in [6.07, 6.45) is 1.63. The molecule has 1 heterocycles. The number of benzene rings is 2. The Labute approximate surface area is 163 Å². The van der Waals surface area contributed by atoms with Crippen LogP contribution in [0.5, 0.6) is 5.75 Å². The van der Waals surface area contributed by atoms with Crippen molar-refractivity contribution in [3.05, 3.63) is 82.6 Å². The Kier molecular flexibility index (Phi) is 5.94. The number of carbonyl (C=O) groups is 1. The highest BCUT2D eigenvalue weighted by Gasteiger charge is 2.09. The number of nitrogens with one attached hydrogen (secondary N) is 1. The number of aryl methyl sites for hydroxylation is 1. The van der Waals surface area contributed by atoms with Crippen LogP contribution in [0.25, 0.3) is 5.69 Å². The smallest absolute Gasteiger partial charge is 0.277 e. The van der Waals surface area contributed by atoms with E-state index in [2.05, 4.69) is 27.2 Å².